The van der Waals surface area contributed by atoms with Gasteiger partial charge in [0, 0.05) is 34.8 Å². The van der Waals surface area contributed by atoms with Crippen LogP contribution in [0.3, 0.4) is 0 Å². The normalized spacial score (nSPS) is 10.3. The average molecular weight is 365 g/mol. The van der Waals surface area contributed by atoms with E-state index in [2.05, 4.69) is 10.3 Å². The smallest absolute Gasteiger partial charge is 0.282 e. The summed E-state index contributed by atoms with van der Waals surface area (Å²) in [6.07, 6.45) is 3.57. The summed E-state index contributed by atoms with van der Waals surface area (Å²) in [5, 5.41) is 13.7. The summed E-state index contributed by atoms with van der Waals surface area (Å²) in [4.78, 5) is 27.9. The molecule has 2 aromatic carbocycles. The van der Waals surface area contributed by atoms with Gasteiger partial charge in [-0.05, 0) is 42.0 Å². The van der Waals surface area contributed by atoms with Crippen molar-refractivity contribution in [2.45, 2.75) is 10.6 Å². The summed E-state index contributed by atoms with van der Waals surface area (Å²) < 4.78 is 0. The molecule has 0 aliphatic heterocycles. The Bertz CT molecular complexity index is 915. The van der Waals surface area contributed by atoms with Crippen LogP contribution in [-0.4, -0.2) is 15.8 Å². The van der Waals surface area contributed by atoms with E-state index in [0.29, 0.717) is 5.69 Å². The van der Waals surface area contributed by atoms with Crippen LogP contribution >= 0.6 is 11.8 Å². The number of rotatable bonds is 6. The third kappa shape index (κ3) is 4.46. The lowest BCUT2D eigenvalue weighted by Crippen LogP contribution is -2.13. The molecule has 0 fully saturated rings. The highest BCUT2D eigenvalue weighted by Gasteiger charge is 2.19. The molecule has 0 unspecified atom stereocenters. The Morgan fingerprint density at radius 1 is 1.08 bits per heavy atom. The van der Waals surface area contributed by atoms with E-state index in [0.717, 1.165) is 16.2 Å². The van der Waals surface area contributed by atoms with Gasteiger partial charge in [-0.25, -0.2) is 0 Å². The van der Waals surface area contributed by atoms with Gasteiger partial charge in [-0.1, -0.05) is 18.2 Å². The Morgan fingerprint density at radius 2 is 1.85 bits per heavy atom. The van der Waals surface area contributed by atoms with Crippen molar-refractivity contribution < 1.29 is 9.72 Å². The second-order valence-electron chi connectivity index (χ2n) is 5.40. The molecule has 0 radical (unpaired) electrons. The summed E-state index contributed by atoms with van der Waals surface area (Å²) in [5.41, 5.74) is 1.53. The largest absolute Gasteiger partial charge is 0.322 e. The first kappa shape index (κ1) is 17.6. The number of thioether (sulfide) groups is 1. The monoisotopic (exact) mass is 365 g/mol. The number of amides is 1. The average Bonchev–Trinajstić information content (AvgIpc) is 2.68. The molecule has 0 aliphatic rings. The van der Waals surface area contributed by atoms with Crippen LogP contribution in [0.2, 0.25) is 0 Å². The number of hydrogen-bond donors (Lipinski definition) is 1. The van der Waals surface area contributed by atoms with E-state index in [4.69, 9.17) is 0 Å². The molecular formula is C19H15N3O3S. The molecule has 26 heavy (non-hydrogen) atoms. The van der Waals surface area contributed by atoms with Crippen LogP contribution in [0.15, 0.2) is 78.0 Å². The molecule has 1 N–H and O–H groups in total. The van der Waals surface area contributed by atoms with E-state index in [1.165, 1.54) is 18.2 Å². The number of nitro benzene ring substituents is 1. The van der Waals surface area contributed by atoms with Gasteiger partial charge in [-0.2, -0.15) is 0 Å². The minimum atomic E-state index is -0.562. The molecule has 0 saturated heterocycles. The zero-order valence-corrected chi connectivity index (χ0v) is 14.5. The lowest BCUT2D eigenvalue weighted by molar-refractivity contribution is -0.385. The second kappa shape index (κ2) is 8.26. The molecule has 0 atom stereocenters. The van der Waals surface area contributed by atoms with Crippen molar-refractivity contribution in [2.75, 3.05) is 5.32 Å². The summed E-state index contributed by atoms with van der Waals surface area (Å²) in [6, 6.07) is 17.1. The van der Waals surface area contributed by atoms with Crippen molar-refractivity contribution in [1.82, 2.24) is 4.98 Å². The number of para-hydroxylation sites is 1. The number of pyridine rings is 1. The van der Waals surface area contributed by atoms with Gasteiger partial charge in [0.1, 0.15) is 5.56 Å². The van der Waals surface area contributed by atoms with Gasteiger partial charge in [-0.15, -0.1) is 11.8 Å². The number of hydrogen-bond acceptors (Lipinski definition) is 5. The van der Waals surface area contributed by atoms with E-state index < -0.39 is 10.8 Å². The Hall–Kier alpha value is -3.19. The van der Waals surface area contributed by atoms with Crippen LogP contribution in [0.1, 0.15) is 15.9 Å². The predicted molar refractivity (Wildman–Crippen MR) is 101 cm³/mol. The molecule has 6 nitrogen and oxygen atoms in total. The molecule has 130 valence electrons. The maximum atomic E-state index is 12.3. The van der Waals surface area contributed by atoms with Crippen molar-refractivity contribution in [1.29, 1.82) is 0 Å². The number of carbonyl (C=O) groups is 1. The van der Waals surface area contributed by atoms with Crippen LogP contribution in [0.4, 0.5) is 11.4 Å². The molecule has 0 aliphatic carbocycles. The van der Waals surface area contributed by atoms with E-state index in [1.54, 1.807) is 36.2 Å². The molecular weight excluding hydrogens is 350 g/mol. The number of benzene rings is 2. The topological polar surface area (TPSA) is 85.1 Å². The van der Waals surface area contributed by atoms with Crippen LogP contribution in [0.25, 0.3) is 0 Å². The van der Waals surface area contributed by atoms with E-state index in [-0.39, 0.29) is 11.3 Å². The number of carbonyl (C=O) groups excluding carboxylic acids is 1. The van der Waals surface area contributed by atoms with Crippen LogP contribution in [-0.2, 0) is 5.75 Å². The van der Waals surface area contributed by atoms with Gasteiger partial charge in [0.05, 0.1) is 4.92 Å². The third-order valence-corrected chi connectivity index (χ3v) is 4.67. The first-order valence-corrected chi connectivity index (χ1v) is 8.78. The SMILES string of the molecule is O=C(Nc1ccc(SCc2cccnc2)cc1)c1ccccc1[N+](=O)[O-]. The Labute approximate surface area is 154 Å². The standard InChI is InChI=1S/C19H15N3O3S/c23-19(17-5-1-2-6-18(17)22(24)25)21-15-7-9-16(10-8-15)26-13-14-4-3-11-20-12-14/h1-12H,13H2,(H,21,23). The molecule has 0 spiro atoms. The van der Waals surface area contributed by atoms with Crippen LogP contribution < -0.4 is 5.32 Å². The zero-order chi connectivity index (χ0) is 18.4. The molecule has 3 aromatic rings. The van der Waals surface area contributed by atoms with E-state index in [9.17, 15) is 14.9 Å². The molecule has 3 rings (SSSR count). The summed E-state index contributed by atoms with van der Waals surface area (Å²) >= 11 is 1.66. The van der Waals surface area contributed by atoms with Gasteiger partial charge in [-0.3, -0.25) is 19.9 Å². The minimum absolute atomic E-state index is 0.0347. The highest BCUT2D eigenvalue weighted by Crippen LogP contribution is 2.25. The van der Waals surface area contributed by atoms with Crippen LogP contribution in [0, 0.1) is 10.1 Å². The zero-order valence-electron chi connectivity index (χ0n) is 13.7. The number of nitro groups is 1. The summed E-state index contributed by atoms with van der Waals surface area (Å²) in [5.74, 6) is 0.295. The van der Waals surface area contributed by atoms with Gasteiger partial charge < -0.3 is 5.32 Å². The van der Waals surface area contributed by atoms with Gasteiger partial charge in [0.15, 0.2) is 0 Å². The van der Waals surface area contributed by atoms with Crippen molar-refractivity contribution >= 4 is 29.0 Å². The van der Waals surface area contributed by atoms with Crippen molar-refractivity contribution in [3.63, 3.8) is 0 Å². The Morgan fingerprint density at radius 3 is 2.54 bits per heavy atom. The van der Waals surface area contributed by atoms with Gasteiger partial charge >= 0.3 is 0 Å². The first-order chi connectivity index (χ1) is 12.6. The quantitative estimate of drug-likeness (QED) is 0.394. The van der Waals surface area contributed by atoms with E-state index in [1.807, 2.05) is 30.5 Å². The van der Waals surface area contributed by atoms with Gasteiger partial charge in [0.25, 0.3) is 11.6 Å². The molecule has 0 bridgehead atoms. The van der Waals surface area contributed by atoms with E-state index >= 15 is 0 Å². The molecule has 1 aromatic heterocycles. The Balaban J connectivity index is 1.64. The number of nitrogens with zero attached hydrogens (tertiary/aromatic N) is 2. The maximum absolute atomic E-state index is 12.3. The number of nitrogens with one attached hydrogen (secondary N) is 1. The highest BCUT2D eigenvalue weighted by atomic mass is 32.2. The Kier molecular flexibility index (Phi) is 5.60. The summed E-state index contributed by atoms with van der Waals surface area (Å²) in [7, 11) is 0. The number of anilines is 1. The van der Waals surface area contributed by atoms with Crippen molar-refractivity contribution in [2.24, 2.45) is 0 Å². The van der Waals surface area contributed by atoms with Gasteiger partial charge in [0.2, 0.25) is 0 Å². The summed E-state index contributed by atoms with van der Waals surface area (Å²) in [6.45, 7) is 0. The minimum Gasteiger partial charge on any atom is -0.322 e. The third-order valence-electron chi connectivity index (χ3n) is 3.59. The molecule has 1 amide bonds. The van der Waals surface area contributed by atoms with Crippen molar-refractivity contribution in [3.8, 4) is 0 Å². The fourth-order valence-electron chi connectivity index (χ4n) is 2.31. The lowest BCUT2D eigenvalue weighted by Gasteiger charge is -2.07. The van der Waals surface area contributed by atoms with Crippen molar-refractivity contribution in [3.05, 3.63) is 94.3 Å². The fourth-order valence-corrected chi connectivity index (χ4v) is 3.14. The van der Waals surface area contributed by atoms with Crippen LogP contribution in [0.5, 0.6) is 0 Å². The number of aromatic nitrogens is 1. The lowest BCUT2D eigenvalue weighted by atomic mass is 10.1. The highest BCUT2D eigenvalue weighted by molar-refractivity contribution is 7.98. The maximum Gasteiger partial charge on any atom is 0.282 e. The molecule has 0 saturated carbocycles. The fraction of sp³-hybridized carbons (Fsp3) is 0.0526. The molecule has 7 heteroatoms. The molecule has 1 heterocycles. The second-order valence-corrected chi connectivity index (χ2v) is 6.45. The first-order valence-electron chi connectivity index (χ1n) is 7.80. The predicted octanol–water partition coefficient (Wildman–Crippen LogP) is 4.53.